The van der Waals surface area contributed by atoms with E-state index in [0.29, 0.717) is 17.8 Å². The number of amides is 1. The molecule has 0 aliphatic rings. The maximum absolute atomic E-state index is 13.1. The van der Waals surface area contributed by atoms with Crippen LogP contribution in [0.3, 0.4) is 0 Å². The lowest BCUT2D eigenvalue weighted by molar-refractivity contribution is -0.138. The summed E-state index contributed by atoms with van der Waals surface area (Å²) < 4.78 is 132. The lowest BCUT2D eigenvalue weighted by Crippen LogP contribution is -2.28. The lowest BCUT2D eigenvalue weighted by atomic mass is 10.2. The van der Waals surface area contributed by atoms with Gasteiger partial charge in [-0.2, -0.15) is 26.3 Å². The van der Waals surface area contributed by atoms with Gasteiger partial charge in [0.05, 0.1) is 64.3 Å². The van der Waals surface area contributed by atoms with Gasteiger partial charge in [0.2, 0.25) is 0 Å². The van der Waals surface area contributed by atoms with Crippen molar-refractivity contribution >= 4 is 95.4 Å². The summed E-state index contributed by atoms with van der Waals surface area (Å²) in [6.45, 7) is 0. The number of sulfonamides is 2. The Balaban J connectivity index is 0.000000261. The number of rotatable bonds is 9. The molecule has 0 saturated heterocycles. The van der Waals surface area contributed by atoms with E-state index in [9.17, 15) is 52.8 Å². The number of carbonyl (C=O) groups is 2. The highest BCUT2D eigenvalue weighted by molar-refractivity contribution is 7.93. The SMILES string of the molecule is CN(C(=O)c1ncc(Cl)cc1NS(=O)(=O)c1ccc(Cl)c(C(F)(F)F)c1)c1cccnc1.O=C(O)c1ncc(Cl)cc1NS(=O)(=O)c1ccc(Cl)c(C(F)(F)F)c1. The molecule has 3 heterocycles. The molecule has 0 atom stereocenters. The molecule has 3 N–H and O–H groups in total. The Hall–Kier alpha value is -4.93. The van der Waals surface area contributed by atoms with Crippen molar-refractivity contribution in [2.75, 3.05) is 21.4 Å². The second kappa shape index (κ2) is 17.3. The van der Waals surface area contributed by atoms with Crippen LogP contribution in [0.1, 0.15) is 32.1 Å². The van der Waals surface area contributed by atoms with Gasteiger partial charge in [-0.25, -0.2) is 31.6 Å². The molecular formula is C32H20Cl4F6N6O7S2. The molecule has 2 aromatic carbocycles. The highest BCUT2D eigenvalue weighted by Gasteiger charge is 2.36. The summed E-state index contributed by atoms with van der Waals surface area (Å²) in [5, 5.41) is 7.59. The number of nitrogens with zero attached hydrogens (tertiary/aromatic N) is 4. The van der Waals surface area contributed by atoms with E-state index in [1.165, 1.54) is 24.3 Å². The van der Waals surface area contributed by atoms with E-state index in [4.69, 9.17) is 51.5 Å². The van der Waals surface area contributed by atoms with Crippen LogP contribution in [0.5, 0.6) is 0 Å². The lowest BCUT2D eigenvalue weighted by Gasteiger charge is -2.19. The van der Waals surface area contributed by atoms with E-state index in [0.717, 1.165) is 48.8 Å². The number of halogens is 10. The number of hydrogen-bond acceptors (Lipinski definition) is 9. The summed E-state index contributed by atoms with van der Waals surface area (Å²) in [6, 6.07) is 9.35. The number of hydrogen-bond donors (Lipinski definition) is 3. The van der Waals surface area contributed by atoms with Gasteiger partial charge in [-0.15, -0.1) is 0 Å². The first kappa shape index (κ1) is 44.8. The van der Waals surface area contributed by atoms with Gasteiger partial charge in [0.1, 0.15) is 0 Å². The molecule has 0 aliphatic carbocycles. The second-order valence-corrected chi connectivity index (χ2v) is 16.0. The summed E-state index contributed by atoms with van der Waals surface area (Å²) in [6.07, 6.45) is -4.71. The number of carbonyl (C=O) groups excluding carboxylic acids is 1. The predicted molar refractivity (Wildman–Crippen MR) is 197 cm³/mol. The van der Waals surface area contributed by atoms with Gasteiger partial charge in [-0.1, -0.05) is 46.4 Å². The maximum Gasteiger partial charge on any atom is 0.417 e. The van der Waals surface area contributed by atoms with Crippen LogP contribution in [0.2, 0.25) is 20.1 Å². The molecule has 1 amide bonds. The van der Waals surface area contributed by atoms with Crippen molar-refractivity contribution in [2.45, 2.75) is 22.1 Å². The standard InChI is InChI=1S/C19H13Cl2F3N4O3S.C13H7Cl2F3N2O4S/c1-28(12-3-2-6-25-10-12)18(29)17-16(7-11(20)9-26-17)27-32(30,31)13-4-5-15(21)14(8-13)19(22,23)24;14-6-3-10(11(12(21)22)19-5-6)20-25(23,24)7-1-2-9(15)8(4-7)13(16,17)18/h2-10,27H,1H3;1-5,20H,(H,21,22). The molecule has 5 rings (SSSR count). The Morgan fingerprint density at radius 2 is 1.12 bits per heavy atom. The van der Waals surface area contributed by atoms with Gasteiger partial charge in [0.25, 0.3) is 26.0 Å². The van der Waals surface area contributed by atoms with Crippen molar-refractivity contribution in [2.24, 2.45) is 0 Å². The average Bonchev–Trinajstić information content (AvgIpc) is 3.10. The van der Waals surface area contributed by atoms with Crippen LogP contribution < -0.4 is 14.3 Å². The van der Waals surface area contributed by atoms with Crippen LogP contribution in [0.25, 0.3) is 0 Å². The van der Waals surface area contributed by atoms with Crippen LogP contribution in [0.4, 0.5) is 43.4 Å². The Bertz CT molecular complexity index is 2570. The molecule has 0 saturated carbocycles. The van der Waals surface area contributed by atoms with Crippen molar-refractivity contribution in [3.63, 3.8) is 0 Å². The number of pyridine rings is 3. The fraction of sp³-hybridized carbons (Fsp3) is 0.0938. The summed E-state index contributed by atoms with van der Waals surface area (Å²) in [7, 11) is -7.70. The first-order chi connectivity index (χ1) is 26.3. The molecule has 0 fully saturated rings. The van der Waals surface area contributed by atoms with Gasteiger partial charge in [0, 0.05) is 25.6 Å². The fourth-order valence-electron chi connectivity index (χ4n) is 4.39. The molecule has 13 nitrogen and oxygen atoms in total. The third-order valence-electron chi connectivity index (χ3n) is 7.05. The summed E-state index contributed by atoms with van der Waals surface area (Å²) in [5.41, 5.74) is -4.08. The molecule has 3 aromatic heterocycles. The Morgan fingerprint density at radius 1 is 0.684 bits per heavy atom. The smallest absolute Gasteiger partial charge is 0.417 e. The molecule has 0 radical (unpaired) electrons. The molecule has 57 heavy (non-hydrogen) atoms. The van der Waals surface area contributed by atoms with Crippen molar-refractivity contribution in [3.8, 4) is 0 Å². The summed E-state index contributed by atoms with van der Waals surface area (Å²) >= 11 is 22.5. The summed E-state index contributed by atoms with van der Waals surface area (Å²) in [4.78, 5) is 35.0. The Labute approximate surface area is 338 Å². The molecule has 0 bridgehead atoms. The van der Waals surface area contributed by atoms with Crippen LogP contribution in [0.15, 0.2) is 95.2 Å². The highest BCUT2D eigenvalue weighted by Crippen LogP contribution is 2.38. The molecule has 25 heteroatoms. The van der Waals surface area contributed by atoms with Gasteiger partial charge >= 0.3 is 18.3 Å². The molecule has 0 aliphatic heterocycles. The van der Waals surface area contributed by atoms with E-state index in [1.54, 1.807) is 12.1 Å². The van der Waals surface area contributed by atoms with E-state index >= 15 is 0 Å². The number of carboxylic acid groups (broad SMARTS) is 1. The minimum absolute atomic E-state index is 0.00429. The van der Waals surface area contributed by atoms with Crippen LogP contribution in [-0.2, 0) is 32.4 Å². The van der Waals surface area contributed by atoms with E-state index in [1.807, 2.05) is 4.72 Å². The predicted octanol–water partition coefficient (Wildman–Crippen LogP) is 8.79. The minimum Gasteiger partial charge on any atom is -0.476 e. The van der Waals surface area contributed by atoms with Crippen molar-refractivity contribution in [1.82, 2.24) is 15.0 Å². The number of nitrogens with one attached hydrogen (secondary N) is 2. The molecular weight excluding hydrogens is 900 g/mol. The minimum atomic E-state index is -4.87. The third kappa shape index (κ3) is 11.1. The van der Waals surface area contributed by atoms with Crippen LogP contribution >= 0.6 is 46.4 Å². The Morgan fingerprint density at radius 3 is 1.53 bits per heavy atom. The fourth-order valence-corrected chi connectivity index (χ4v) is 7.32. The van der Waals surface area contributed by atoms with Crippen molar-refractivity contribution in [1.29, 1.82) is 0 Å². The number of carboxylic acids is 1. The highest BCUT2D eigenvalue weighted by atomic mass is 35.5. The number of alkyl halides is 6. The molecule has 0 spiro atoms. The topological polar surface area (TPSA) is 189 Å². The number of aromatic carboxylic acids is 1. The largest absolute Gasteiger partial charge is 0.476 e. The zero-order chi connectivity index (χ0) is 42.7. The van der Waals surface area contributed by atoms with Crippen LogP contribution in [-0.4, -0.2) is 55.8 Å². The van der Waals surface area contributed by atoms with Gasteiger partial charge < -0.3 is 10.0 Å². The number of benzene rings is 2. The van der Waals surface area contributed by atoms with Crippen molar-refractivity contribution in [3.05, 3.63) is 128 Å². The summed E-state index contributed by atoms with van der Waals surface area (Å²) in [5.74, 6) is -2.26. The molecule has 0 unspecified atom stereocenters. The maximum atomic E-state index is 13.1. The quantitative estimate of drug-likeness (QED) is 0.121. The zero-order valence-corrected chi connectivity index (χ0v) is 32.5. The first-order valence-corrected chi connectivity index (χ1v) is 19.3. The second-order valence-electron chi connectivity index (χ2n) is 11.0. The molecule has 302 valence electrons. The number of anilines is 3. The average molecular weight is 920 g/mol. The zero-order valence-electron chi connectivity index (χ0n) is 27.9. The van der Waals surface area contributed by atoms with Gasteiger partial charge in [-0.3, -0.25) is 19.2 Å². The van der Waals surface area contributed by atoms with Crippen LogP contribution in [0, 0.1) is 0 Å². The normalized spacial score (nSPS) is 11.9. The van der Waals surface area contributed by atoms with E-state index in [-0.39, 0.29) is 21.4 Å². The van der Waals surface area contributed by atoms with Gasteiger partial charge in [0.15, 0.2) is 11.4 Å². The van der Waals surface area contributed by atoms with Gasteiger partial charge in [-0.05, 0) is 60.7 Å². The van der Waals surface area contributed by atoms with Crippen molar-refractivity contribution < 1.29 is 57.9 Å². The van der Waals surface area contributed by atoms with E-state index < -0.39 is 86.6 Å². The first-order valence-electron chi connectivity index (χ1n) is 14.8. The Kier molecular flexibility index (Phi) is 13.6. The van der Waals surface area contributed by atoms with E-state index in [2.05, 4.69) is 19.7 Å². The number of aromatic nitrogens is 3. The third-order valence-corrected chi connectivity index (χ3v) is 10.8. The monoisotopic (exact) mass is 918 g/mol. The molecule has 5 aromatic rings.